The number of ether oxygens (including phenoxy) is 1. The second kappa shape index (κ2) is 6.13. The molecule has 0 bridgehead atoms. The summed E-state index contributed by atoms with van der Waals surface area (Å²) < 4.78 is 5.03. The lowest BCUT2D eigenvalue weighted by atomic mass is 9.90. The maximum absolute atomic E-state index is 12.0. The normalized spacial score (nSPS) is 18.9. The second-order valence-electron chi connectivity index (χ2n) is 4.72. The Morgan fingerprint density at radius 1 is 1.60 bits per heavy atom. The van der Waals surface area contributed by atoms with E-state index in [1.165, 1.54) is 16.2 Å². The zero-order valence-corrected chi connectivity index (χ0v) is 12.1. The van der Waals surface area contributed by atoms with E-state index in [2.05, 4.69) is 0 Å². The van der Waals surface area contributed by atoms with Gasteiger partial charge in [0, 0.05) is 19.0 Å². The molecule has 3 N–H and O–H groups in total. The van der Waals surface area contributed by atoms with Crippen LogP contribution in [0.5, 0.6) is 0 Å². The summed E-state index contributed by atoms with van der Waals surface area (Å²) in [6.07, 6.45) is 0.719. The molecule has 1 fully saturated rings. The van der Waals surface area contributed by atoms with Gasteiger partial charge in [0.25, 0.3) is 0 Å². The lowest BCUT2D eigenvalue weighted by Gasteiger charge is -2.30. The monoisotopic (exact) mass is 298 g/mol. The van der Waals surface area contributed by atoms with E-state index in [1.807, 2.05) is 5.38 Å². The minimum absolute atomic E-state index is 0.00723. The number of thiophene rings is 1. The van der Waals surface area contributed by atoms with Gasteiger partial charge in [0.05, 0.1) is 12.2 Å². The lowest BCUT2D eigenvalue weighted by molar-refractivity contribution is 0.0526. The molecule has 0 spiro atoms. The van der Waals surface area contributed by atoms with Gasteiger partial charge in [-0.15, -0.1) is 11.3 Å². The first kappa shape index (κ1) is 14.6. The highest BCUT2D eigenvalue weighted by Crippen LogP contribution is 2.36. The van der Waals surface area contributed by atoms with E-state index in [0.717, 1.165) is 18.4 Å². The lowest BCUT2D eigenvalue weighted by Crippen LogP contribution is -2.38. The minimum atomic E-state index is -0.921. The highest BCUT2D eigenvalue weighted by atomic mass is 32.1. The predicted octanol–water partition coefficient (Wildman–Crippen LogP) is 2.36. The maximum atomic E-state index is 12.0. The predicted molar refractivity (Wildman–Crippen MR) is 76.3 cm³/mol. The Morgan fingerprint density at radius 2 is 2.35 bits per heavy atom. The average molecular weight is 298 g/mol. The Hall–Kier alpha value is -1.76. The van der Waals surface area contributed by atoms with Gasteiger partial charge in [0.2, 0.25) is 0 Å². The van der Waals surface area contributed by atoms with Gasteiger partial charge in [-0.25, -0.2) is 9.59 Å². The van der Waals surface area contributed by atoms with Crippen LogP contribution in [-0.4, -0.2) is 41.8 Å². The molecule has 6 nitrogen and oxygen atoms in total. The van der Waals surface area contributed by atoms with Crippen LogP contribution in [0, 0.1) is 0 Å². The summed E-state index contributed by atoms with van der Waals surface area (Å²) in [7, 11) is 0. The number of hydrogen-bond donors (Lipinski definition) is 2. The largest absolute Gasteiger partial charge is 0.465 e. The van der Waals surface area contributed by atoms with E-state index in [1.54, 1.807) is 6.92 Å². The van der Waals surface area contributed by atoms with Crippen molar-refractivity contribution in [3.8, 4) is 0 Å². The van der Waals surface area contributed by atoms with Crippen molar-refractivity contribution < 1.29 is 19.4 Å². The number of carbonyl (C=O) groups excluding carboxylic acids is 1. The van der Waals surface area contributed by atoms with Gasteiger partial charge in [-0.3, -0.25) is 0 Å². The number of hydrogen-bond acceptors (Lipinski definition) is 5. The van der Waals surface area contributed by atoms with E-state index in [0.29, 0.717) is 30.3 Å². The van der Waals surface area contributed by atoms with Gasteiger partial charge in [0.15, 0.2) is 0 Å². The average Bonchev–Trinajstić information content (AvgIpc) is 2.81. The van der Waals surface area contributed by atoms with Gasteiger partial charge in [-0.05, 0) is 30.7 Å². The van der Waals surface area contributed by atoms with Crippen LogP contribution in [0.2, 0.25) is 0 Å². The fraction of sp³-hybridized carbons (Fsp3) is 0.538. The van der Waals surface area contributed by atoms with Crippen molar-refractivity contribution in [1.29, 1.82) is 0 Å². The topological polar surface area (TPSA) is 92.9 Å². The molecule has 0 aromatic carbocycles. The molecule has 1 aliphatic rings. The molecule has 1 aromatic heterocycles. The highest BCUT2D eigenvalue weighted by molar-refractivity contribution is 7.14. The Morgan fingerprint density at radius 3 is 3.00 bits per heavy atom. The first-order valence-corrected chi connectivity index (χ1v) is 7.44. The number of esters is 1. The summed E-state index contributed by atoms with van der Waals surface area (Å²) in [5, 5.41) is 11.4. The van der Waals surface area contributed by atoms with Crippen molar-refractivity contribution in [3.63, 3.8) is 0 Å². The van der Waals surface area contributed by atoms with Crippen molar-refractivity contribution in [1.82, 2.24) is 4.90 Å². The van der Waals surface area contributed by atoms with E-state index in [-0.39, 0.29) is 5.92 Å². The van der Waals surface area contributed by atoms with Crippen LogP contribution >= 0.6 is 11.3 Å². The number of carboxylic acid groups (broad SMARTS) is 1. The van der Waals surface area contributed by atoms with Crippen molar-refractivity contribution >= 4 is 28.4 Å². The number of likely N-dealkylation sites (tertiary alicyclic amines) is 1. The van der Waals surface area contributed by atoms with Crippen molar-refractivity contribution in [2.24, 2.45) is 0 Å². The maximum Gasteiger partial charge on any atom is 0.407 e. The Kier molecular flexibility index (Phi) is 4.49. The van der Waals surface area contributed by atoms with Gasteiger partial charge in [0.1, 0.15) is 5.00 Å². The molecular weight excluding hydrogens is 280 g/mol. The Bertz CT molecular complexity index is 514. The Balaban J connectivity index is 2.24. The third-order valence-electron chi connectivity index (χ3n) is 3.46. The fourth-order valence-electron chi connectivity index (χ4n) is 2.51. The first-order chi connectivity index (χ1) is 9.54. The smallest absolute Gasteiger partial charge is 0.407 e. The van der Waals surface area contributed by atoms with E-state index < -0.39 is 12.1 Å². The van der Waals surface area contributed by atoms with E-state index >= 15 is 0 Å². The van der Waals surface area contributed by atoms with Crippen LogP contribution in [0.1, 0.15) is 41.6 Å². The highest BCUT2D eigenvalue weighted by Gasteiger charge is 2.29. The molecule has 0 saturated carbocycles. The van der Waals surface area contributed by atoms with Crippen molar-refractivity contribution in [2.45, 2.75) is 25.7 Å². The number of anilines is 1. The molecule has 1 unspecified atom stereocenters. The summed E-state index contributed by atoms with van der Waals surface area (Å²) in [6.45, 7) is 2.98. The summed E-state index contributed by atoms with van der Waals surface area (Å²) in [5.74, 6) is -0.415. The minimum Gasteiger partial charge on any atom is -0.465 e. The number of piperidine rings is 1. The summed E-state index contributed by atoms with van der Waals surface area (Å²) >= 11 is 1.30. The van der Waals surface area contributed by atoms with Crippen molar-refractivity contribution in [3.05, 3.63) is 16.5 Å². The quantitative estimate of drug-likeness (QED) is 0.836. The number of amides is 1. The molecule has 110 valence electrons. The molecular formula is C13H18N2O4S. The summed E-state index contributed by atoms with van der Waals surface area (Å²) in [6, 6.07) is 0. The van der Waals surface area contributed by atoms with Gasteiger partial charge in [-0.2, -0.15) is 0 Å². The summed E-state index contributed by atoms with van der Waals surface area (Å²) in [5.41, 5.74) is 7.09. The zero-order valence-electron chi connectivity index (χ0n) is 11.3. The molecule has 2 heterocycles. The van der Waals surface area contributed by atoms with E-state index in [4.69, 9.17) is 15.6 Å². The molecule has 1 aromatic rings. The number of nitrogens with zero attached hydrogens (tertiary/aromatic N) is 1. The molecule has 7 heteroatoms. The number of carbonyl (C=O) groups is 2. The number of nitrogens with two attached hydrogens (primary N) is 1. The zero-order chi connectivity index (χ0) is 14.7. The standard InChI is InChI=1S/C13H18N2O4S/c1-2-19-12(16)10-9(7-20-11(10)14)8-4-3-5-15(6-8)13(17)18/h7-8H,2-6,14H2,1H3,(H,17,18). The van der Waals surface area contributed by atoms with Crippen LogP contribution < -0.4 is 5.73 Å². The molecule has 20 heavy (non-hydrogen) atoms. The fourth-order valence-corrected chi connectivity index (χ4v) is 3.40. The van der Waals surface area contributed by atoms with Crippen molar-refractivity contribution in [2.75, 3.05) is 25.4 Å². The van der Waals surface area contributed by atoms with Gasteiger partial charge < -0.3 is 20.5 Å². The Labute approximate surface area is 121 Å². The van der Waals surface area contributed by atoms with Gasteiger partial charge in [-0.1, -0.05) is 0 Å². The number of nitrogen functional groups attached to an aromatic ring is 1. The summed E-state index contributed by atoms with van der Waals surface area (Å²) in [4.78, 5) is 24.4. The third kappa shape index (κ3) is 2.87. The molecule has 1 amide bonds. The van der Waals surface area contributed by atoms with Crippen LogP contribution in [-0.2, 0) is 4.74 Å². The molecule has 1 aliphatic heterocycles. The van der Waals surface area contributed by atoms with Crippen LogP contribution in [0.3, 0.4) is 0 Å². The molecule has 1 saturated heterocycles. The molecule has 0 aliphatic carbocycles. The van der Waals surface area contributed by atoms with Crippen LogP contribution in [0.4, 0.5) is 9.80 Å². The second-order valence-corrected chi connectivity index (χ2v) is 5.63. The SMILES string of the molecule is CCOC(=O)c1c(C2CCCN(C(=O)O)C2)csc1N. The van der Waals surface area contributed by atoms with Gasteiger partial charge >= 0.3 is 12.1 Å². The first-order valence-electron chi connectivity index (χ1n) is 6.56. The van der Waals surface area contributed by atoms with Crippen LogP contribution in [0.25, 0.3) is 0 Å². The molecule has 1 atom stereocenters. The van der Waals surface area contributed by atoms with E-state index in [9.17, 15) is 9.59 Å². The molecule has 0 radical (unpaired) electrons. The molecule has 2 rings (SSSR count). The van der Waals surface area contributed by atoms with Crippen LogP contribution in [0.15, 0.2) is 5.38 Å². The number of rotatable bonds is 3. The third-order valence-corrected chi connectivity index (χ3v) is 4.29.